The molecule has 0 fully saturated rings. The average molecular weight is 247 g/mol. The van der Waals surface area contributed by atoms with Crippen molar-refractivity contribution in [1.29, 1.82) is 0 Å². The van der Waals surface area contributed by atoms with E-state index >= 15 is 0 Å². The van der Waals surface area contributed by atoms with Crippen LogP contribution in [0.5, 0.6) is 0 Å². The molecule has 2 aromatic rings. The van der Waals surface area contributed by atoms with E-state index < -0.39 is 0 Å². The quantitative estimate of drug-likeness (QED) is 0.829. The van der Waals surface area contributed by atoms with Crippen LogP contribution in [0.15, 0.2) is 34.9 Å². The zero-order chi connectivity index (χ0) is 12.8. The van der Waals surface area contributed by atoms with Crippen molar-refractivity contribution >= 4 is 0 Å². The SMILES string of the molecule is COC(CN)Cc1nc(Cc2ccccc2)no1. The molecule has 0 aliphatic carbocycles. The second-order valence-electron chi connectivity index (χ2n) is 4.06. The molecular formula is C13H17N3O2. The molecule has 2 N–H and O–H groups in total. The van der Waals surface area contributed by atoms with Gasteiger partial charge in [0.25, 0.3) is 0 Å². The lowest BCUT2D eigenvalue weighted by molar-refractivity contribution is 0.102. The zero-order valence-electron chi connectivity index (χ0n) is 10.4. The molecule has 18 heavy (non-hydrogen) atoms. The second-order valence-corrected chi connectivity index (χ2v) is 4.06. The third kappa shape index (κ3) is 3.38. The van der Waals surface area contributed by atoms with E-state index in [1.165, 1.54) is 0 Å². The predicted octanol–water partition coefficient (Wildman–Crippen LogP) is 1.18. The highest BCUT2D eigenvalue weighted by atomic mass is 16.5. The number of rotatable bonds is 6. The van der Waals surface area contributed by atoms with Crippen LogP contribution in [0.4, 0.5) is 0 Å². The molecule has 5 nitrogen and oxygen atoms in total. The van der Waals surface area contributed by atoms with Gasteiger partial charge in [0.2, 0.25) is 5.89 Å². The van der Waals surface area contributed by atoms with E-state index in [0.717, 1.165) is 5.56 Å². The average Bonchev–Trinajstić information content (AvgIpc) is 2.84. The normalized spacial score (nSPS) is 12.6. The zero-order valence-corrected chi connectivity index (χ0v) is 10.4. The van der Waals surface area contributed by atoms with Crippen LogP contribution in [0.3, 0.4) is 0 Å². The van der Waals surface area contributed by atoms with Crippen molar-refractivity contribution in [3.8, 4) is 0 Å². The van der Waals surface area contributed by atoms with Crippen molar-refractivity contribution in [1.82, 2.24) is 10.1 Å². The third-order valence-corrected chi connectivity index (χ3v) is 2.71. The van der Waals surface area contributed by atoms with Gasteiger partial charge in [-0.2, -0.15) is 4.98 Å². The number of hydrogen-bond donors (Lipinski definition) is 1. The molecule has 5 heteroatoms. The Morgan fingerprint density at radius 3 is 2.78 bits per heavy atom. The standard InChI is InChI=1S/C13H17N3O2/c1-17-11(9-14)8-13-15-12(16-18-13)7-10-5-3-2-4-6-10/h2-6,11H,7-9,14H2,1H3. The van der Waals surface area contributed by atoms with Crippen LogP contribution < -0.4 is 5.73 Å². The first-order valence-electron chi connectivity index (χ1n) is 5.90. The van der Waals surface area contributed by atoms with Gasteiger partial charge in [0, 0.05) is 20.1 Å². The molecule has 0 aliphatic heterocycles. The van der Waals surface area contributed by atoms with Crippen LogP contribution in [0.1, 0.15) is 17.3 Å². The Bertz CT molecular complexity index is 466. The van der Waals surface area contributed by atoms with Gasteiger partial charge in [0.15, 0.2) is 5.82 Å². The lowest BCUT2D eigenvalue weighted by Crippen LogP contribution is -2.24. The summed E-state index contributed by atoms with van der Waals surface area (Å²) in [6.07, 6.45) is 1.15. The summed E-state index contributed by atoms with van der Waals surface area (Å²) in [5, 5.41) is 3.95. The number of benzene rings is 1. The smallest absolute Gasteiger partial charge is 0.229 e. The van der Waals surface area contributed by atoms with E-state index in [9.17, 15) is 0 Å². The van der Waals surface area contributed by atoms with E-state index in [2.05, 4.69) is 10.1 Å². The molecule has 0 aliphatic rings. The Balaban J connectivity index is 1.98. The Morgan fingerprint density at radius 1 is 1.33 bits per heavy atom. The van der Waals surface area contributed by atoms with Crippen LogP contribution in [-0.2, 0) is 17.6 Å². The van der Waals surface area contributed by atoms with Crippen molar-refractivity contribution in [3.05, 3.63) is 47.6 Å². The summed E-state index contributed by atoms with van der Waals surface area (Å²) >= 11 is 0. The molecule has 96 valence electrons. The Morgan fingerprint density at radius 2 is 2.11 bits per heavy atom. The Hall–Kier alpha value is -1.72. The molecular weight excluding hydrogens is 230 g/mol. The molecule has 1 heterocycles. The molecule has 1 atom stereocenters. The van der Waals surface area contributed by atoms with Crippen LogP contribution >= 0.6 is 0 Å². The Kier molecular flexibility index (Phi) is 4.44. The summed E-state index contributed by atoms with van der Waals surface area (Å²) < 4.78 is 10.4. The summed E-state index contributed by atoms with van der Waals surface area (Å²) in [6.45, 7) is 0.437. The van der Waals surface area contributed by atoms with Crippen molar-refractivity contribution in [3.63, 3.8) is 0 Å². The maximum Gasteiger partial charge on any atom is 0.229 e. The number of aromatic nitrogens is 2. The van der Waals surface area contributed by atoms with Gasteiger partial charge >= 0.3 is 0 Å². The van der Waals surface area contributed by atoms with Gasteiger partial charge in [0.05, 0.1) is 12.5 Å². The third-order valence-electron chi connectivity index (χ3n) is 2.71. The monoisotopic (exact) mass is 247 g/mol. The summed E-state index contributed by atoms with van der Waals surface area (Å²) in [5.41, 5.74) is 6.71. The van der Waals surface area contributed by atoms with Crippen molar-refractivity contribution < 1.29 is 9.26 Å². The van der Waals surface area contributed by atoms with Gasteiger partial charge in [-0.15, -0.1) is 0 Å². The molecule has 0 saturated heterocycles. The fourth-order valence-corrected chi connectivity index (χ4v) is 1.68. The van der Waals surface area contributed by atoms with Gasteiger partial charge < -0.3 is 15.0 Å². The fraction of sp³-hybridized carbons (Fsp3) is 0.385. The second kappa shape index (κ2) is 6.28. The van der Waals surface area contributed by atoms with E-state index in [0.29, 0.717) is 31.1 Å². The van der Waals surface area contributed by atoms with Gasteiger partial charge in [-0.3, -0.25) is 0 Å². The number of nitrogens with two attached hydrogens (primary N) is 1. The molecule has 0 spiro atoms. The maximum atomic E-state index is 5.55. The number of methoxy groups -OCH3 is 1. The highest BCUT2D eigenvalue weighted by molar-refractivity contribution is 5.18. The fourth-order valence-electron chi connectivity index (χ4n) is 1.68. The van der Waals surface area contributed by atoms with Gasteiger partial charge in [0.1, 0.15) is 0 Å². The topological polar surface area (TPSA) is 74.2 Å². The highest BCUT2D eigenvalue weighted by Gasteiger charge is 2.12. The molecule has 2 rings (SSSR count). The van der Waals surface area contributed by atoms with Gasteiger partial charge in [-0.25, -0.2) is 0 Å². The first kappa shape index (κ1) is 12.7. The van der Waals surface area contributed by atoms with E-state index in [-0.39, 0.29) is 6.10 Å². The maximum absolute atomic E-state index is 5.55. The van der Waals surface area contributed by atoms with Crippen molar-refractivity contribution in [2.45, 2.75) is 18.9 Å². The number of hydrogen-bond acceptors (Lipinski definition) is 5. The lowest BCUT2D eigenvalue weighted by Gasteiger charge is -2.08. The summed E-state index contributed by atoms with van der Waals surface area (Å²) in [6, 6.07) is 10.0. The van der Waals surface area contributed by atoms with Crippen molar-refractivity contribution in [2.75, 3.05) is 13.7 Å². The van der Waals surface area contributed by atoms with Crippen LogP contribution in [0.25, 0.3) is 0 Å². The van der Waals surface area contributed by atoms with Gasteiger partial charge in [-0.05, 0) is 5.56 Å². The summed E-state index contributed by atoms with van der Waals surface area (Å²) in [4.78, 5) is 4.33. The highest BCUT2D eigenvalue weighted by Crippen LogP contribution is 2.08. The predicted molar refractivity (Wildman–Crippen MR) is 67.1 cm³/mol. The van der Waals surface area contributed by atoms with Crippen LogP contribution in [0.2, 0.25) is 0 Å². The van der Waals surface area contributed by atoms with E-state index in [1.807, 2.05) is 30.3 Å². The van der Waals surface area contributed by atoms with Crippen molar-refractivity contribution in [2.24, 2.45) is 5.73 Å². The minimum Gasteiger partial charge on any atom is -0.380 e. The van der Waals surface area contributed by atoms with E-state index in [1.54, 1.807) is 7.11 Å². The first-order chi connectivity index (χ1) is 8.81. The molecule has 1 unspecified atom stereocenters. The number of nitrogens with zero attached hydrogens (tertiary/aromatic N) is 2. The number of ether oxygens (including phenoxy) is 1. The largest absolute Gasteiger partial charge is 0.380 e. The van der Waals surface area contributed by atoms with E-state index in [4.69, 9.17) is 15.0 Å². The lowest BCUT2D eigenvalue weighted by atomic mass is 10.1. The molecule has 1 aromatic carbocycles. The Labute approximate surface area is 106 Å². The van der Waals surface area contributed by atoms with Crippen LogP contribution in [-0.4, -0.2) is 29.9 Å². The molecule has 0 amide bonds. The summed E-state index contributed by atoms with van der Waals surface area (Å²) in [5.74, 6) is 1.25. The summed E-state index contributed by atoms with van der Waals surface area (Å²) in [7, 11) is 1.62. The minimum atomic E-state index is -0.0741. The van der Waals surface area contributed by atoms with Crippen LogP contribution in [0, 0.1) is 0 Å². The molecule has 1 aromatic heterocycles. The molecule has 0 radical (unpaired) electrons. The molecule has 0 bridgehead atoms. The minimum absolute atomic E-state index is 0.0741. The molecule has 0 saturated carbocycles. The van der Waals surface area contributed by atoms with Gasteiger partial charge in [-0.1, -0.05) is 35.5 Å². The first-order valence-corrected chi connectivity index (χ1v) is 5.90.